The molecule has 0 N–H and O–H groups in total. The molecule has 0 saturated heterocycles. The van der Waals surface area contributed by atoms with Crippen molar-refractivity contribution in [1.29, 1.82) is 0 Å². The van der Waals surface area contributed by atoms with Gasteiger partial charge in [0.25, 0.3) is 8.32 Å². The van der Waals surface area contributed by atoms with Crippen LogP contribution in [0.4, 0.5) is 0 Å². The molecule has 35 heavy (non-hydrogen) atoms. The zero-order chi connectivity index (χ0) is 24.5. The first-order valence-corrected chi connectivity index (χ1v) is 15.1. The monoisotopic (exact) mass is 520 g/mol. The maximum atomic E-state index is 7.21. The highest BCUT2D eigenvalue weighted by atomic mass is 35.5. The molecular weight excluding hydrogens is 492 g/mol. The standard InChI is InChI=1S/C27H29ClN4OSSi/c1-27(2,3)35(21-10-6-4-7-11-21,22-12-8-5-9-13-22)33-17-23-20(14-15-34-23)16-32-19-31-24-25(28)29-18-30-26(24)32/h4-14,18-19,23H,15-17H2,1-3H3/t23-/m0/s1. The molecule has 2 aromatic heterocycles. The summed E-state index contributed by atoms with van der Waals surface area (Å²) in [4.78, 5) is 12.9. The minimum atomic E-state index is -2.57. The summed E-state index contributed by atoms with van der Waals surface area (Å²) < 4.78 is 9.26. The van der Waals surface area contributed by atoms with Crippen molar-refractivity contribution in [3.8, 4) is 0 Å². The number of hydrogen-bond donors (Lipinski definition) is 0. The van der Waals surface area contributed by atoms with Crippen LogP contribution in [-0.2, 0) is 11.0 Å². The average Bonchev–Trinajstić information content (AvgIpc) is 3.48. The van der Waals surface area contributed by atoms with Gasteiger partial charge < -0.3 is 8.99 Å². The van der Waals surface area contributed by atoms with Crippen molar-refractivity contribution in [3.05, 3.63) is 90.1 Å². The highest BCUT2D eigenvalue weighted by Crippen LogP contribution is 2.38. The van der Waals surface area contributed by atoms with Crippen molar-refractivity contribution in [2.24, 2.45) is 0 Å². The number of hydrogen-bond acceptors (Lipinski definition) is 5. The van der Waals surface area contributed by atoms with Gasteiger partial charge in [-0.3, -0.25) is 0 Å². The second kappa shape index (κ2) is 9.89. The third kappa shape index (κ3) is 4.58. The Morgan fingerprint density at radius 3 is 2.29 bits per heavy atom. The first-order chi connectivity index (χ1) is 16.9. The smallest absolute Gasteiger partial charge is 0.261 e. The van der Waals surface area contributed by atoms with Gasteiger partial charge in [-0.15, -0.1) is 11.8 Å². The van der Waals surface area contributed by atoms with Crippen LogP contribution in [0.5, 0.6) is 0 Å². The molecule has 0 spiro atoms. The molecule has 0 amide bonds. The number of aromatic nitrogens is 4. The Labute approximate surface area is 216 Å². The molecule has 1 aliphatic rings. The van der Waals surface area contributed by atoms with E-state index in [-0.39, 0.29) is 10.3 Å². The lowest BCUT2D eigenvalue weighted by Crippen LogP contribution is -2.67. The van der Waals surface area contributed by atoms with E-state index in [2.05, 4.69) is 107 Å². The molecule has 0 fully saturated rings. The number of benzene rings is 2. The van der Waals surface area contributed by atoms with Gasteiger partial charge in [0.1, 0.15) is 11.8 Å². The normalized spacial score (nSPS) is 16.6. The Balaban J connectivity index is 1.45. The maximum Gasteiger partial charge on any atom is 0.261 e. The Hall–Kier alpha value is -2.45. The van der Waals surface area contributed by atoms with E-state index in [1.54, 1.807) is 6.33 Å². The van der Waals surface area contributed by atoms with Gasteiger partial charge in [-0.1, -0.05) is 99.1 Å². The van der Waals surface area contributed by atoms with Gasteiger partial charge in [-0.2, -0.15) is 0 Å². The van der Waals surface area contributed by atoms with Crippen LogP contribution in [0.1, 0.15) is 20.8 Å². The van der Waals surface area contributed by atoms with Gasteiger partial charge in [-0.25, -0.2) is 15.0 Å². The van der Waals surface area contributed by atoms with Gasteiger partial charge in [0.05, 0.1) is 12.9 Å². The minimum Gasteiger partial charge on any atom is -0.406 e. The summed E-state index contributed by atoms with van der Waals surface area (Å²) in [6.45, 7) is 8.33. The molecule has 0 saturated carbocycles. The van der Waals surface area contributed by atoms with E-state index in [4.69, 9.17) is 16.0 Å². The molecular formula is C27H29ClN4OSSi. The minimum absolute atomic E-state index is 0.0446. The highest BCUT2D eigenvalue weighted by molar-refractivity contribution is 8.00. The first kappa shape index (κ1) is 24.3. The molecule has 8 heteroatoms. The van der Waals surface area contributed by atoms with E-state index < -0.39 is 8.32 Å². The lowest BCUT2D eigenvalue weighted by Gasteiger charge is -2.43. The first-order valence-electron chi connectivity index (χ1n) is 11.8. The van der Waals surface area contributed by atoms with Gasteiger partial charge in [0, 0.05) is 17.5 Å². The van der Waals surface area contributed by atoms with Crippen LogP contribution >= 0.6 is 23.4 Å². The molecule has 0 unspecified atom stereocenters. The molecule has 4 aromatic rings. The Morgan fingerprint density at radius 2 is 1.66 bits per heavy atom. The molecule has 0 bridgehead atoms. The zero-order valence-electron chi connectivity index (χ0n) is 20.2. The fourth-order valence-corrected chi connectivity index (χ4v) is 10.9. The molecule has 3 heterocycles. The van der Waals surface area contributed by atoms with E-state index >= 15 is 0 Å². The predicted octanol–water partition coefficient (Wildman–Crippen LogP) is 5.10. The summed E-state index contributed by atoms with van der Waals surface area (Å²) in [7, 11) is -2.57. The lowest BCUT2D eigenvalue weighted by molar-refractivity contribution is 0.304. The number of rotatable bonds is 7. The van der Waals surface area contributed by atoms with Gasteiger partial charge in [-0.05, 0) is 21.0 Å². The summed E-state index contributed by atoms with van der Waals surface area (Å²) in [6, 6.07) is 21.6. The fraction of sp³-hybridized carbons (Fsp3) is 0.296. The lowest BCUT2D eigenvalue weighted by atomic mass is 10.2. The number of halogens is 1. The topological polar surface area (TPSA) is 52.8 Å². The molecule has 1 atom stereocenters. The Kier molecular flexibility index (Phi) is 6.85. The second-order valence-corrected chi connectivity index (χ2v) is 15.7. The summed E-state index contributed by atoms with van der Waals surface area (Å²) in [6.07, 6.45) is 5.61. The largest absolute Gasteiger partial charge is 0.406 e. The average molecular weight is 521 g/mol. The molecule has 1 aliphatic heterocycles. The molecule has 0 aliphatic carbocycles. The predicted molar refractivity (Wildman–Crippen MR) is 148 cm³/mol. The third-order valence-electron chi connectivity index (χ3n) is 6.63. The molecule has 5 nitrogen and oxygen atoms in total. The van der Waals surface area contributed by atoms with E-state index in [9.17, 15) is 0 Å². The zero-order valence-corrected chi connectivity index (χ0v) is 22.8. The summed E-state index contributed by atoms with van der Waals surface area (Å²) in [5.41, 5.74) is 2.73. The summed E-state index contributed by atoms with van der Waals surface area (Å²) in [5.74, 6) is 0.979. The molecule has 5 rings (SSSR count). The van der Waals surface area contributed by atoms with E-state index in [1.807, 2.05) is 11.8 Å². The van der Waals surface area contributed by atoms with Gasteiger partial charge in [0.15, 0.2) is 10.8 Å². The number of nitrogens with zero attached hydrogens (tertiary/aromatic N) is 4. The van der Waals surface area contributed by atoms with Gasteiger partial charge >= 0.3 is 0 Å². The second-order valence-electron chi connectivity index (χ2n) is 9.78. The van der Waals surface area contributed by atoms with Crippen molar-refractivity contribution >= 4 is 53.2 Å². The summed E-state index contributed by atoms with van der Waals surface area (Å²) >= 11 is 8.15. The van der Waals surface area contributed by atoms with E-state index in [0.717, 1.165) is 11.4 Å². The molecule has 180 valence electrons. The number of fused-ring (bicyclic) bond motifs is 1. The van der Waals surface area contributed by atoms with Crippen LogP contribution in [0.25, 0.3) is 11.2 Å². The Bertz CT molecular complexity index is 1300. The van der Waals surface area contributed by atoms with E-state index in [0.29, 0.717) is 23.8 Å². The third-order valence-corrected chi connectivity index (χ3v) is 13.1. The summed E-state index contributed by atoms with van der Waals surface area (Å²) in [5, 5.41) is 3.22. The van der Waals surface area contributed by atoms with Crippen molar-refractivity contribution in [1.82, 2.24) is 19.5 Å². The van der Waals surface area contributed by atoms with Crippen molar-refractivity contribution < 1.29 is 4.43 Å². The van der Waals surface area contributed by atoms with Crippen LogP contribution < -0.4 is 10.4 Å². The van der Waals surface area contributed by atoms with Crippen molar-refractivity contribution in [2.45, 2.75) is 37.6 Å². The maximum absolute atomic E-state index is 7.21. The number of thioether (sulfide) groups is 1. The molecule has 0 radical (unpaired) electrons. The highest BCUT2D eigenvalue weighted by Gasteiger charge is 2.50. The van der Waals surface area contributed by atoms with E-state index in [1.165, 1.54) is 22.3 Å². The quantitative estimate of drug-likeness (QED) is 0.193. The van der Waals surface area contributed by atoms with Gasteiger partial charge in [0.2, 0.25) is 0 Å². The van der Waals surface area contributed by atoms with Crippen LogP contribution in [0, 0.1) is 0 Å². The van der Waals surface area contributed by atoms with Crippen LogP contribution in [-0.4, -0.2) is 45.4 Å². The van der Waals surface area contributed by atoms with Crippen LogP contribution in [0.2, 0.25) is 10.2 Å². The molecule has 2 aromatic carbocycles. The fourth-order valence-electron chi connectivity index (χ4n) is 4.96. The van der Waals surface area contributed by atoms with Crippen LogP contribution in [0.15, 0.2) is 85.0 Å². The number of imidazole rings is 1. The SMILES string of the molecule is CC(C)(C)[Si](OC[C@@H]1SCC=C1Cn1cnc2c(Cl)ncnc21)(c1ccccc1)c1ccccc1. The van der Waals surface area contributed by atoms with Crippen LogP contribution in [0.3, 0.4) is 0 Å². The Morgan fingerprint density at radius 1 is 1.00 bits per heavy atom. The van der Waals surface area contributed by atoms with Crippen molar-refractivity contribution in [3.63, 3.8) is 0 Å². The van der Waals surface area contributed by atoms with Crippen molar-refractivity contribution in [2.75, 3.05) is 12.4 Å².